The van der Waals surface area contributed by atoms with Gasteiger partial charge < -0.3 is 5.11 Å². The Morgan fingerprint density at radius 3 is 2.28 bits per heavy atom. The first kappa shape index (κ1) is 13.8. The molecule has 2 aliphatic rings. The van der Waals surface area contributed by atoms with E-state index in [2.05, 4.69) is 11.6 Å². The lowest BCUT2D eigenvalue weighted by Crippen LogP contribution is -2.62. The molecule has 0 spiro atoms. The molecule has 2 fully saturated rings. The Balaban J connectivity index is 2.05. The summed E-state index contributed by atoms with van der Waals surface area (Å²) in [7, 11) is -3.67. The summed E-state index contributed by atoms with van der Waals surface area (Å²) in [5, 5.41) is 9.14. The first-order chi connectivity index (χ1) is 8.36. The molecule has 1 saturated carbocycles. The van der Waals surface area contributed by atoms with Crippen LogP contribution in [0.3, 0.4) is 0 Å². The van der Waals surface area contributed by atoms with E-state index < -0.39 is 21.7 Å². The van der Waals surface area contributed by atoms with Crippen molar-refractivity contribution in [2.75, 3.05) is 13.1 Å². The third kappa shape index (κ3) is 2.53. The number of hydrogen-bond acceptors (Lipinski definition) is 3. The van der Waals surface area contributed by atoms with Gasteiger partial charge in [0.05, 0.1) is 0 Å². The summed E-state index contributed by atoms with van der Waals surface area (Å²) < 4.78 is 28.1. The molecule has 0 aromatic rings. The van der Waals surface area contributed by atoms with Crippen molar-refractivity contribution in [2.24, 2.45) is 5.92 Å². The topological polar surface area (TPSA) is 86.7 Å². The highest BCUT2D eigenvalue weighted by atomic mass is 32.2. The summed E-state index contributed by atoms with van der Waals surface area (Å²) in [6.07, 6.45) is 3.19. The number of rotatable bonds is 4. The fourth-order valence-corrected chi connectivity index (χ4v) is 4.03. The number of nitrogens with one attached hydrogen (secondary N) is 1. The first-order valence-corrected chi connectivity index (χ1v) is 7.82. The van der Waals surface area contributed by atoms with E-state index in [0.717, 1.165) is 19.3 Å². The van der Waals surface area contributed by atoms with Gasteiger partial charge in [-0.15, -0.1) is 0 Å². The van der Waals surface area contributed by atoms with Crippen molar-refractivity contribution in [1.82, 2.24) is 9.03 Å². The smallest absolute Gasteiger partial charge is 0.324 e. The summed E-state index contributed by atoms with van der Waals surface area (Å²) in [6.45, 7) is 3.06. The molecule has 0 unspecified atom stereocenters. The number of aliphatic carboxylic acids is 1. The van der Waals surface area contributed by atoms with Crippen molar-refractivity contribution in [1.29, 1.82) is 0 Å². The van der Waals surface area contributed by atoms with Crippen molar-refractivity contribution < 1.29 is 18.3 Å². The molecule has 18 heavy (non-hydrogen) atoms. The lowest BCUT2D eigenvalue weighted by molar-refractivity contribution is -0.147. The minimum atomic E-state index is -3.67. The SMILES string of the molecule is CC1CCN(S(=O)(=O)NC2(C(=O)O)CCC2)CC1. The van der Waals surface area contributed by atoms with Crippen LogP contribution in [0.2, 0.25) is 0 Å². The molecule has 1 saturated heterocycles. The molecule has 104 valence electrons. The van der Waals surface area contributed by atoms with Crippen LogP contribution in [-0.2, 0) is 15.0 Å². The predicted octanol–water partition coefficient (Wildman–Crippen LogP) is 0.560. The van der Waals surface area contributed by atoms with E-state index in [4.69, 9.17) is 5.11 Å². The fraction of sp³-hybridized carbons (Fsp3) is 0.909. The molecule has 7 heteroatoms. The average molecular weight is 276 g/mol. The maximum absolute atomic E-state index is 12.2. The van der Waals surface area contributed by atoms with Crippen LogP contribution in [0.5, 0.6) is 0 Å². The zero-order chi connectivity index (χ0) is 13.4. The molecule has 6 nitrogen and oxygen atoms in total. The monoisotopic (exact) mass is 276 g/mol. The molecule has 2 N–H and O–H groups in total. The molecule has 0 amide bonds. The number of carbonyl (C=O) groups is 1. The van der Waals surface area contributed by atoms with Crippen LogP contribution in [0.4, 0.5) is 0 Å². The van der Waals surface area contributed by atoms with Crippen molar-refractivity contribution >= 4 is 16.2 Å². The molecule has 1 aliphatic heterocycles. The van der Waals surface area contributed by atoms with Crippen molar-refractivity contribution in [3.05, 3.63) is 0 Å². The molecule has 1 heterocycles. The van der Waals surface area contributed by atoms with E-state index in [-0.39, 0.29) is 0 Å². The Hall–Kier alpha value is -0.660. The Morgan fingerprint density at radius 2 is 1.89 bits per heavy atom. The standard InChI is InChI=1S/C11H20N2O4S/c1-9-3-7-13(8-4-9)18(16,17)12-11(10(14)15)5-2-6-11/h9,12H,2-8H2,1H3,(H,14,15). The second-order valence-electron chi connectivity index (χ2n) is 5.43. The number of hydrogen-bond donors (Lipinski definition) is 2. The maximum atomic E-state index is 12.2. The molecule has 0 atom stereocenters. The molecule has 0 radical (unpaired) electrons. The lowest BCUT2D eigenvalue weighted by Gasteiger charge is -2.40. The van der Waals surface area contributed by atoms with Gasteiger partial charge in [0.25, 0.3) is 10.2 Å². The van der Waals surface area contributed by atoms with Crippen LogP contribution in [0, 0.1) is 5.92 Å². The minimum Gasteiger partial charge on any atom is -0.480 e. The average Bonchev–Trinajstić information content (AvgIpc) is 2.23. The highest BCUT2D eigenvalue weighted by molar-refractivity contribution is 7.87. The van der Waals surface area contributed by atoms with E-state index >= 15 is 0 Å². The number of piperidine rings is 1. The highest BCUT2D eigenvalue weighted by Crippen LogP contribution is 2.33. The van der Waals surface area contributed by atoms with Crippen LogP contribution < -0.4 is 4.72 Å². The second-order valence-corrected chi connectivity index (χ2v) is 7.10. The molecular weight excluding hydrogens is 256 g/mol. The van der Waals surface area contributed by atoms with E-state index in [9.17, 15) is 13.2 Å². The Bertz CT molecular complexity index is 422. The normalized spacial score (nSPS) is 25.6. The van der Waals surface area contributed by atoms with Gasteiger partial charge >= 0.3 is 5.97 Å². The van der Waals surface area contributed by atoms with Gasteiger partial charge in [0.2, 0.25) is 0 Å². The van der Waals surface area contributed by atoms with E-state index in [1.807, 2.05) is 0 Å². The first-order valence-electron chi connectivity index (χ1n) is 6.38. The number of carboxylic acid groups (broad SMARTS) is 1. The summed E-state index contributed by atoms with van der Waals surface area (Å²) >= 11 is 0. The van der Waals surface area contributed by atoms with Gasteiger partial charge in [0, 0.05) is 13.1 Å². The van der Waals surface area contributed by atoms with Crippen LogP contribution in [-0.4, -0.2) is 42.4 Å². The van der Waals surface area contributed by atoms with Gasteiger partial charge in [-0.1, -0.05) is 6.92 Å². The van der Waals surface area contributed by atoms with E-state index in [0.29, 0.717) is 31.8 Å². The van der Waals surface area contributed by atoms with Gasteiger partial charge in [0.1, 0.15) is 5.54 Å². The fourth-order valence-electron chi connectivity index (χ4n) is 2.43. The third-order valence-corrected chi connectivity index (χ3v) is 5.72. The van der Waals surface area contributed by atoms with Crippen molar-refractivity contribution in [3.63, 3.8) is 0 Å². The lowest BCUT2D eigenvalue weighted by atomic mass is 9.78. The van der Waals surface area contributed by atoms with E-state index in [1.54, 1.807) is 0 Å². The molecule has 2 rings (SSSR count). The van der Waals surface area contributed by atoms with Gasteiger partial charge in [-0.25, -0.2) is 0 Å². The summed E-state index contributed by atoms with van der Waals surface area (Å²) in [5.74, 6) is -0.531. The van der Waals surface area contributed by atoms with Crippen LogP contribution in [0.1, 0.15) is 39.0 Å². The molecular formula is C11H20N2O4S. The third-order valence-electron chi connectivity index (χ3n) is 4.02. The largest absolute Gasteiger partial charge is 0.480 e. The Morgan fingerprint density at radius 1 is 1.33 bits per heavy atom. The molecule has 1 aliphatic carbocycles. The molecule has 0 aromatic carbocycles. The zero-order valence-corrected chi connectivity index (χ0v) is 11.4. The van der Waals surface area contributed by atoms with Crippen LogP contribution >= 0.6 is 0 Å². The van der Waals surface area contributed by atoms with Gasteiger partial charge in [-0.3, -0.25) is 4.79 Å². The summed E-state index contributed by atoms with van der Waals surface area (Å²) in [4.78, 5) is 11.2. The Kier molecular flexibility index (Phi) is 3.66. The number of nitrogens with zero attached hydrogens (tertiary/aromatic N) is 1. The second kappa shape index (κ2) is 4.79. The molecule has 0 bridgehead atoms. The summed E-state index contributed by atoms with van der Waals surface area (Å²) in [5.41, 5.74) is -1.26. The molecule has 0 aromatic heterocycles. The van der Waals surface area contributed by atoms with Crippen molar-refractivity contribution in [3.8, 4) is 0 Å². The quantitative estimate of drug-likeness (QED) is 0.785. The minimum absolute atomic E-state index is 0.381. The predicted molar refractivity (Wildman–Crippen MR) is 66.2 cm³/mol. The Labute approximate surface area is 108 Å². The maximum Gasteiger partial charge on any atom is 0.324 e. The van der Waals surface area contributed by atoms with Crippen LogP contribution in [0.15, 0.2) is 0 Å². The highest BCUT2D eigenvalue weighted by Gasteiger charge is 2.48. The van der Waals surface area contributed by atoms with E-state index in [1.165, 1.54) is 4.31 Å². The zero-order valence-electron chi connectivity index (χ0n) is 10.6. The van der Waals surface area contributed by atoms with Gasteiger partial charge in [-0.2, -0.15) is 17.4 Å². The summed E-state index contributed by atoms with van der Waals surface area (Å²) in [6, 6.07) is 0. The van der Waals surface area contributed by atoms with Gasteiger partial charge in [-0.05, 0) is 38.0 Å². The van der Waals surface area contributed by atoms with Gasteiger partial charge in [0.15, 0.2) is 0 Å². The van der Waals surface area contributed by atoms with Crippen LogP contribution in [0.25, 0.3) is 0 Å². The number of carboxylic acids is 1. The van der Waals surface area contributed by atoms with Crippen molar-refractivity contribution in [2.45, 2.75) is 44.6 Å².